The van der Waals surface area contributed by atoms with E-state index in [1.807, 2.05) is 24.3 Å². The van der Waals surface area contributed by atoms with Gasteiger partial charge in [0.05, 0.1) is 4.90 Å². The second-order valence-corrected chi connectivity index (χ2v) is 8.98. The zero-order chi connectivity index (χ0) is 16.9. The lowest BCUT2D eigenvalue weighted by Crippen LogP contribution is -2.44. The lowest BCUT2D eigenvalue weighted by atomic mass is 10.2. The van der Waals surface area contributed by atoms with Crippen LogP contribution in [0.5, 0.6) is 0 Å². The molecule has 2 aromatic rings. The fourth-order valence-corrected chi connectivity index (χ4v) is 5.40. The van der Waals surface area contributed by atoms with E-state index in [0.717, 1.165) is 17.7 Å². The van der Waals surface area contributed by atoms with Crippen molar-refractivity contribution in [1.82, 2.24) is 0 Å². The van der Waals surface area contributed by atoms with Crippen molar-refractivity contribution in [3.63, 3.8) is 0 Å². The Labute approximate surface area is 146 Å². The fraction of sp³-hybridized carbons (Fsp3) is 0.278. The zero-order valence-electron chi connectivity index (χ0n) is 12.9. The van der Waals surface area contributed by atoms with Gasteiger partial charge in [0.1, 0.15) is 0 Å². The Morgan fingerprint density at radius 3 is 2.38 bits per heavy atom. The molecule has 0 saturated heterocycles. The molecule has 6 heteroatoms. The summed E-state index contributed by atoms with van der Waals surface area (Å²) in [5, 5.41) is 0.471. The number of carbonyl (C=O) groups is 1. The molecule has 0 unspecified atom stereocenters. The maximum atomic E-state index is 13.1. The number of nitrogens with zero attached hydrogens (tertiary/aromatic N) is 1. The molecule has 0 bridgehead atoms. The van der Waals surface area contributed by atoms with Gasteiger partial charge in [0, 0.05) is 17.3 Å². The number of hydrogen-bond donors (Lipinski definition) is 0. The molecule has 2 aliphatic rings. The molecule has 0 atom stereocenters. The Morgan fingerprint density at radius 1 is 1.04 bits per heavy atom. The van der Waals surface area contributed by atoms with E-state index in [-0.39, 0.29) is 10.8 Å². The molecule has 0 N–H and O–H groups in total. The van der Waals surface area contributed by atoms with E-state index in [4.69, 9.17) is 11.6 Å². The van der Waals surface area contributed by atoms with Gasteiger partial charge in [0.2, 0.25) is 5.91 Å². The Kier molecular flexibility index (Phi) is 3.48. The fourth-order valence-electron chi connectivity index (χ4n) is 3.35. The first-order chi connectivity index (χ1) is 11.5. The SMILES string of the molecule is O=C(N1CCc2ccccc21)C1(S(=O)(=O)c2ccc(Cl)cc2)CC1. The van der Waals surface area contributed by atoms with E-state index in [1.54, 1.807) is 17.0 Å². The average molecular weight is 362 g/mol. The smallest absolute Gasteiger partial charge is 0.248 e. The summed E-state index contributed by atoms with van der Waals surface area (Å²) in [6.45, 7) is 0.538. The summed E-state index contributed by atoms with van der Waals surface area (Å²) in [6, 6.07) is 13.7. The van der Waals surface area contributed by atoms with Crippen LogP contribution in [0.3, 0.4) is 0 Å². The number of anilines is 1. The largest absolute Gasteiger partial charge is 0.310 e. The van der Waals surface area contributed by atoms with Crippen molar-refractivity contribution in [2.45, 2.75) is 28.9 Å². The Morgan fingerprint density at radius 2 is 1.71 bits per heavy atom. The quantitative estimate of drug-likeness (QED) is 0.843. The third kappa shape index (κ3) is 2.19. The Balaban J connectivity index is 1.71. The standard InChI is InChI=1S/C18H16ClNO3S/c19-14-5-7-15(8-6-14)24(22,23)18(10-11-18)17(21)20-12-9-13-3-1-2-4-16(13)20/h1-8H,9-12H2. The molecule has 0 radical (unpaired) electrons. The van der Waals surface area contributed by atoms with Crippen LogP contribution in [0.15, 0.2) is 53.4 Å². The van der Waals surface area contributed by atoms with Crippen LogP contribution in [0, 0.1) is 0 Å². The van der Waals surface area contributed by atoms with Crippen LogP contribution in [-0.2, 0) is 21.1 Å². The van der Waals surface area contributed by atoms with Crippen molar-refractivity contribution in [2.75, 3.05) is 11.4 Å². The number of fused-ring (bicyclic) bond motifs is 1. The molecule has 124 valence electrons. The molecule has 1 heterocycles. The van der Waals surface area contributed by atoms with Gasteiger partial charge in [-0.15, -0.1) is 0 Å². The molecule has 4 rings (SSSR count). The highest BCUT2D eigenvalue weighted by molar-refractivity contribution is 7.94. The number of para-hydroxylation sites is 1. The molecule has 24 heavy (non-hydrogen) atoms. The highest BCUT2D eigenvalue weighted by Crippen LogP contribution is 2.49. The maximum Gasteiger partial charge on any atom is 0.248 e. The number of hydrogen-bond acceptors (Lipinski definition) is 3. The van der Waals surface area contributed by atoms with Crippen LogP contribution in [0.2, 0.25) is 5.02 Å². The lowest BCUT2D eigenvalue weighted by molar-refractivity contribution is -0.118. The highest BCUT2D eigenvalue weighted by Gasteiger charge is 2.62. The number of carbonyl (C=O) groups excluding carboxylic acids is 1. The normalized spacial score (nSPS) is 18.3. The van der Waals surface area contributed by atoms with Crippen molar-refractivity contribution in [3.05, 3.63) is 59.1 Å². The van der Waals surface area contributed by atoms with E-state index in [1.165, 1.54) is 12.1 Å². The molecule has 4 nitrogen and oxygen atoms in total. The average Bonchev–Trinajstić information content (AvgIpc) is 3.29. The van der Waals surface area contributed by atoms with E-state index in [9.17, 15) is 13.2 Å². The minimum atomic E-state index is -3.73. The van der Waals surface area contributed by atoms with Gasteiger partial charge in [-0.25, -0.2) is 8.42 Å². The monoisotopic (exact) mass is 361 g/mol. The van der Waals surface area contributed by atoms with Gasteiger partial charge < -0.3 is 4.90 Å². The van der Waals surface area contributed by atoms with Crippen molar-refractivity contribution in [2.24, 2.45) is 0 Å². The second-order valence-electron chi connectivity index (χ2n) is 6.29. The number of amides is 1. The molecule has 1 aliphatic carbocycles. The predicted octanol–water partition coefficient (Wildman–Crippen LogP) is 3.24. The van der Waals surface area contributed by atoms with Crippen molar-refractivity contribution >= 4 is 33.0 Å². The van der Waals surface area contributed by atoms with Crippen molar-refractivity contribution in [1.29, 1.82) is 0 Å². The van der Waals surface area contributed by atoms with Gasteiger partial charge in [0.25, 0.3) is 0 Å². The molecule has 2 aromatic carbocycles. The third-order valence-corrected chi connectivity index (χ3v) is 7.62. The minimum absolute atomic E-state index is 0.158. The predicted molar refractivity (Wildman–Crippen MR) is 93.1 cm³/mol. The topological polar surface area (TPSA) is 54.5 Å². The van der Waals surface area contributed by atoms with E-state index >= 15 is 0 Å². The Hall–Kier alpha value is -1.85. The molecular formula is C18H16ClNO3S. The molecule has 1 aliphatic heterocycles. The van der Waals surface area contributed by atoms with Crippen LogP contribution in [0.1, 0.15) is 18.4 Å². The first-order valence-corrected chi connectivity index (χ1v) is 9.72. The zero-order valence-corrected chi connectivity index (χ0v) is 14.5. The van der Waals surface area contributed by atoms with Gasteiger partial charge in [-0.1, -0.05) is 29.8 Å². The molecule has 1 fully saturated rings. The second kappa shape index (κ2) is 5.33. The van der Waals surface area contributed by atoms with Gasteiger partial charge in [-0.05, 0) is 55.2 Å². The summed E-state index contributed by atoms with van der Waals surface area (Å²) in [6.07, 6.45) is 1.50. The molecular weight excluding hydrogens is 346 g/mol. The van der Waals surface area contributed by atoms with Crippen molar-refractivity contribution in [3.8, 4) is 0 Å². The molecule has 0 aromatic heterocycles. The van der Waals surface area contributed by atoms with Crippen LogP contribution in [0.4, 0.5) is 5.69 Å². The molecule has 1 amide bonds. The van der Waals surface area contributed by atoms with Crippen LogP contribution >= 0.6 is 11.6 Å². The molecule has 1 saturated carbocycles. The summed E-state index contributed by atoms with van der Waals surface area (Å²) in [4.78, 5) is 14.9. The summed E-state index contributed by atoms with van der Waals surface area (Å²) in [5.41, 5.74) is 1.92. The Bertz CT molecular complexity index is 918. The summed E-state index contributed by atoms with van der Waals surface area (Å²) >= 11 is 5.84. The number of benzene rings is 2. The highest BCUT2D eigenvalue weighted by atomic mass is 35.5. The first kappa shape index (κ1) is 15.7. The number of rotatable bonds is 3. The van der Waals surface area contributed by atoms with E-state index < -0.39 is 14.6 Å². The molecule has 0 spiro atoms. The van der Waals surface area contributed by atoms with E-state index in [2.05, 4.69) is 0 Å². The van der Waals surface area contributed by atoms with Crippen LogP contribution in [-0.4, -0.2) is 25.6 Å². The van der Waals surface area contributed by atoms with Gasteiger partial charge in [-0.3, -0.25) is 4.79 Å². The van der Waals surface area contributed by atoms with Crippen LogP contribution in [0.25, 0.3) is 0 Å². The van der Waals surface area contributed by atoms with Gasteiger partial charge in [0.15, 0.2) is 14.6 Å². The summed E-state index contributed by atoms with van der Waals surface area (Å²) in [7, 11) is -3.73. The van der Waals surface area contributed by atoms with Gasteiger partial charge in [-0.2, -0.15) is 0 Å². The van der Waals surface area contributed by atoms with Crippen LogP contribution < -0.4 is 4.90 Å². The van der Waals surface area contributed by atoms with Gasteiger partial charge >= 0.3 is 0 Å². The minimum Gasteiger partial charge on any atom is -0.310 e. The first-order valence-electron chi connectivity index (χ1n) is 7.86. The maximum absolute atomic E-state index is 13.1. The number of sulfone groups is 1. The van der Waals surface area contributed by atoms with E-state index in [0.29, 0.717) is 24.4 Å². The third-order valence-electron chi connectivity index (χ3n) is 4.86. The van der Waals surface area contributed by atoms with Crippen molar-refractivity contribution < 1.29 is 13.2 Å². The summed E-state index contributed by atoms with van der Waals surface area (Å²) in [5.74, 6) is -0.303. The summed E-state index contributed by atoms with van der Waals surface area (Å²) < 4.78 is 24.8. The lowest BCUT2D eigenvalue weighted by Gasteiger charge is -2.24. The number of halogens is 1.